The van der Waals surface area contributed by atoms with Crippen LogP contribution in [0.2, 0.25) is 0 Å². The molecule has 0 aliphatic carbocycles. The second-order valence-electron chi connectivity index (χ2n) is 7.74. The molecule has 1 aromatic heterocycles. The van der Waals surface area contributed by atoms with E-state index in [1.165, 1.54) is 24.2 Å². The second-order valence-corrected chi connectivity index (χ2v) is 8.60. The topological polar surface area (TPSA) is 83.3 Å². The van der Waals surface area contributed by atoms with E-state index in [-0.39, 0.29) is 5.91 Å². The molecule has 0 saturated carbocycles. The maximum atomic E-state index is 12.7. The van der Waals surface area contributed by atoms with E-state index in [0.29, 0.717) is 23.2 Å². The lowest BCUT2D eigenvalue weighted by molar-refractivity contribution is 0.0955. The largest absolute Gasteiger partial charge is 0.398 e. The number of fused-ring (bicyclic) bond motifs is 1. The van der Waals surface area contributed by atoms with Crippen LogP contribution >= 0.6 is 11.3 Å². The average Bonchev–Trinajstić information content (AvgIpc) is 3.20. The number of carbonyl (C=O) groups is 1. The van der Waals surface area contributed by atoms with Crippen LogP contribution in [0.3, 0.4) is 0 Å². The fourth-order valence-electron chi connectivity index (χ4n) is 3.77. The van der Waals surface area contributed by atoms with Gasteiger partial charge in [0.1, 0.15) is 10.7 Å². The maximum absolute atomic E-state index is 12.7. The molecule has 0 radical (unpaired) electrons. The van der Waals surface area contributed by atoms with Crippen LogP contribution in [0.1, 0.15) is 28.1 Å². The van der Waals surface area contributed by atoms with E-state index in [0.717, 1.165) is 41.7 Å². The number of carbonyl (C=O) groups excluding carboxylic acids is 1. The van der Waals surface area contributed by atoms with Gasteiger partial charge >= 0.3 is 0 Å². The normalized spacial score (nSPS) is 15.5. The van der Waals surface area contributed by atoms with Gasteiger partial charge in [0.2, 0.25) is 0 Å². The molecular formula is C22H27N5OS. The molecule has 4 N–H and O–H groups in total. The summed E-state index contributed by atoms with van der Waals surface area (Å²) >= 11 is 1.37. The van der Waals surface area contributed by atoms with E-state index in [1.54, 1.807) is 5.51 Å². The van der Waals surface area contributed by atoms with Gasteiger partial charge in [0.25, 0.3) is 5.91 Å². The van der Waals surface area contributed by atoms with Crippen molar-refractivity contribution in [2.45, 2.75) is 19.4 Å². The van der Waals surface area contributed by atoms with Crippen LogP contribution in [0.25, 0.3) is 10.8 Å². The number of piperidine rings is 1. The second kappa shape index (κ2) is 8.80. The van der Waals surface area contributed by atoms with Crippen LogP contribution < -0.4 is 16.4 Å². The predicted molar refractivity (Wildman–Crippen MR) is 120 cm³/mol. The fourth-order valence-corrected chi connectivity index (χ4v) is 4.45. The number of thiazole rings is 1. The average molecular weight is 410 g/mol. The van der Waals surface area contributed by atoms with E-state index in [9.17, 15) is 4.79 Å². The summed E-state index contributed by atoms with van der Waals surface area (Å²) in [6.07, 6.45) is 2.36. The monoisotopic (exact) mass is 409 g/mol. The number of aromatic nitrogens is 1. The van der Waals surface area contributed by atoms with Crippen LogP contribution in [0.15, 0.2) is 41.9 Å². The lowest BCUT2D eigenvalue weighted by atomic mass is 9.97. The Kier molecular flexibility index (Phi) is 5.97. The fraction of sp³-hybridized carbons (Fsp3) is 0.364. The molecule has 0 unspecified atom stereocenters. The van der Waals surface area contributed by atoms with E-state index in [1.807, 2.05) is 30.3 Å². The molecule has 1 aliphatic heterocycles. The minimum absolute atomic E-state index is 0.0916. The van der Waals surface area contributed by atoms with Crippen LogP contribution in [0.5, 0.6) is 0 Å². The number of anilines is 2. The van der Waals surface area contributed by atoms with Crippen LogP contribution in [-0.2, 0) is 6.54 Å². The molecule has 6 nitrogen and oxygen atoms in total. The zero-order valence-corrected chi connectivity index (χ0v) is 17.5. The number of nitrogens with one attached hydrogen (secondary N) is 2. The molecule has 29 heavy (non-hydrogen) atoms. The van der Waals surface area contributed by atoms with Gasteiger partial charge in [-0.15, -0.1) is 11.3 Å². The van der Waals surface area contributed by atoms with Crippen molar-refractivity contribution in [3.63, 3.8) is 0 Å². The molecule has 3 aromatic rings. The summed E-state index contributed by atoms with van der Waals surface area (Å²) in [5.41, 5.74) is 9.55. The van der Waals surface area contributed by atoms with E-state index in [2.05, 4.69) is 33.6 Å². The molecule has 0 spiro atoms. The highest BCUT2D eigenvalue weighted by molar-refractivity contribution is 7.12. The molecular weight excluding hydrogens is 382 g/mol. The van der Waals surface area contributed by atoms with Crippen molar-refractivity contribution in [3.8, 4) is 0 Å². The zero-order valence-electron chi connectivity index (χ0n) is 16.6. The van der Waals surface area contributed by atoms with E-state index in [4.69, 9.17) is 5.73 Å². The van der Waals surface area contributed by atoms with Gasteiger partial charge in [0.05, 0.1) is 5.51 Å². The van der Waals surface area contributed by atoms with Gasteiger partial charge in [0, 0.05) is 24.2 Å². The molecule has 4 rings (SSSR count). The first kappa shape index (κ1) is 19.7. The number of hydrogen-bond donors (Lipinski definition) is 3. The summed E-state index contributed by atoms with van der Waals surface area (Å²) in [4.78, 5) is 20.1. The standard InChI is InChI=1S/C22H27N5OS/c1-27-9-7-15(8-10-27)12-24-21-20(29-14-26-21)22(28)25-13-16-5-6-18-17(11-16)3-2-4-19(18)23/h2-6,11,14-15,24H,7-10,12-13,23H2,1H3,(H,25,28). The van der Waals surface area contributed by atoms with Crippen LogP contribution in [0, 0.1) is 5.92 Å². The Labute approximate surface area is 175 Å². The first-order chi connectivity index (χ1) is 14.1. The number of nitrogen functional groups attached to an aromatic ring is 1. The predicted octanol–water partition coefficient (Wildman–Crippen LogP) is 3.56. The Morgan fingerprint density at radius 3 is 2.93 bits per heavy atom. The number of amides is 1. The first-order valence-corrected chi connectivity index (χ1v) is 10.9. The van der Waals surface area contributed by atoms with E-state index < -0.39 is 0 Å². The Bertz CT molecular complexity index is 994. The highest BCUT2D eigenvalue weighted by Gasteiger charge is 2.19. The summed E-state index contributed by atoms with van der Waals surface area (Å²) in [5, 5.41) is 8.52. The molecule has 7 heteroatoms. The van der Waals surface area contributed by atoms with E-state index >= 15 is 0 Å². The minimum Gasteiger partial charge on any atom is -0.398 e. The van der Waals surface area contributed by atoms with Gasteiger partial charge in [-0.1, -0.05) is 24.3 Å². The van der Waals surface area contributed by atoms with Crippen molar-refractivity contribution >= 4 is 39.5 Å². The van der Waals surface area contributed by atoms with Crippen molar-refractivity contribution in [2.75, 3.05) is 37.7 Å². The lowest BCUT2D eigenvalue weighted by Gasteiger charge is -2.29. The quantitative estimate of drug-likeness (QED) is 0.542. The number of benzene rings is 2. The van der Waals surface area contributed by atoms with Gasteiger partial charge in [-0.2, -0.15) is 0 Å². The summed E-state index contributed by atoms with van der Waals surface area (Å²) in [6.45, 7) is 3.60. The molecule has 1 aliphatic rings. The van der Waals surface area contributed by atoms with Gasteiger partial charge < -0.3 is 21.3 Å². The Hall–Kier alpha value is -2.64. The van der Waals surface area contributed by atoms with Crippen molar-refractivity contribution in [3.05, 3.63) is 52.3 Å². The first-order valence-electron chi connectivity index (χ1n) is 10.0. The number of likely N-dealkylation sites (tertiary alicyclic amines) is 1. The zero-order chi connectivity index (χ0) is 20.2. The highest BCUT2D eigenvalue weighted by atomic mass is 32.1. The Balaban J connectivity index is 1.35. The maximum Gasteiger partial charge on any atom is 0.265 e. The molecule has 0 atom stereocenters. The molecule has 0 bridgehead atoms. The molecule has 2 aromatic carbocycles. The van der Waals surface area contributed by atoms with Crippen molar-refractivity contribution in [2.24, 2.45) is 5.92 Å². The number of nitrogens with two attached hydrogens (primary N) is 1. The van der Waals surface area contributed by atoms with Gasteiger partial charge in [-0.25, -0.2) is 4.98 Å². The number of rotatable bonds is 6. The van der Waals surface area contributed by atoms with Crippen molar-refractivity contribution < 1.29 is 4.79 Å². The third-order valence-electron chi connectivity index (χ3n) is 5.60. The Morgan fingerprint density at radius 1 is 1.28 bits per heavy atom. The lowest BCUT2D eigenvalue weighted by Crippen LogP contribution is -2.33. The number of hydrogen-bond acceptors (Lipinski definition) is 6. The molecule has 1 amide bonds. The summed E-state index contributed by atoms with van der Waals surface area (Å²) in [5.74, 6) is 1.23. The highest BCUT2D eigenvalue weighted by Crippen LogP contribution is 2.23. The van der Waals surface area contributed by atoms with Crippen molar-refractivity contribution in [1.29, 1.82) is 0 Å². The third-order valence-corrected chi connectivity index (χ3v) is 6.43. The molecule has 152 valence electrons. The smallest absolute Gasteiger partial charge is 0.265 e. The number of nitrogens with zero attached hydrogens (tertiary/aromatic N) is 2. The Morgan fingerprint density at radius 2 is 2.10 bits per heavy atom. The van der Waals surface area contributed by atoms with Crippen LogP contribution in [0.4, 0.5) is 11.5 Å². The molecule has 2 heterocycles. The summed E-state index contributed by atoms with van der Waals surface area (Å²) < 4.78 is 0. The molecule has 1 fully saturated rings. The minimum atomic E-state index is -0.0916. The van der Waals surface area contributed by atoms with Gasteiger partial charge in [-0.05, 0) is 62.0 Å². The van der Waals surface area contributed by atoms with Crippen LogP contribution in [-0.4, -0.2) is 42.5 Å². The van der Waals surface area contributed by atoms with Gasteiger partial charge in [0.15, 0.2) is 0 Å². The SMILES string of the molecule is CN1CCC(CNc2ncsc2C(=O)NCc2ccc3c(N)cccc3c2)CC1. The summed E-state index contributed by atoms with van der Waals surface area (Å²) in [6, 6.07) is 12.0. The molecule has 1 saturated heterocycles. The van der Waals surface area contributed by atoms with Crippen molar-refractivity contribution in [1.82, 2.24) is 15.2 Å². The summed E-state index contributed by atoms with van der Waals surface area (Å²) in [7, 11) is 2.16. The van der Waals surface area contributed by atoms with Gasteiger partial charge in [-0.3, -0.25) is 4.79 Å². The third kappa shape index (κ3) is 4.68.